The molecular weight excluding hydrogens is 483 g/mol. The lowest BCUT2D eigenvalue weighted by Gasteiger charge is -2.17. The maximum absolute atomic E-state index is 13.0. The van der Waals surface area contributed by atoms with Gasteiger partial charge in [0.05, 0.1) is 21.7 Å². The molecule has 0 bridgehead atoms. The van der Waals surface area contributed by atoms with Crippen molar-refractivity contribution in [1.29, 1.82) is 0 Å². The highest BCUT2D eigenvalue weighted by Crippen LogP contribution is 2.42. The Morgan fingerprint density at radius 1 is 0.886 bits per heavy atom. The van der Waals surface area contributed by atoms with E-state index in [1.165, 1.54) is 12.4 Å². The molecule has 174 valence electrons. The molecule has 0 saturated heterocycles. The zero-order chi connectivity index (χ0) is 24.4. The lowest BCUT2D eigenvalue weighted by molar-refractivity contribution is 0.193. The van der Waals surface area contributed by atoms with E-state index in [2.05, 4.69) is 5.10 Å². The standard InChI is InChI=1S/C27H20Cl2N4O2/c1-18(21-13-14-22(28)23(29)17-21)33-26(35-27(34)32-16-8-15-30-32)24(19-9-4-2-5-10-19)25(31-33)20-11-6-3-7-12-20/h2-18H,1H3. The van der Waals surface area contributed by atoms with Gasteiger partial charge in [-0.2, -0.15) is 14.9 Å². The smallest absolute Gasteiger partial charge is 0.389 e. The second kappa shape index (κ2) is 9.78. The molecule has 6 nitrogen and oxygen atoms in total. The van der Waals surface area contributed by atoms with Crippen molar-refractivity contribution in [1.82, 2.24) is 19.6 Å². The summed E-state index contributed by atoms with van der Waals surface area (Å²) in [6.07, 6.45) is 2.41. The monoisotopic (exact) mass is 502 g/mol. The Morgan fingerprint density at radius 3 is 2.20 bits per heavy atom. The van der Waals surface area contributed by atoms with Gasteiger partial charge >= 0.3 is 6.09 Å². The number of nitrogens with zero attached hydrogens (tertiary/aromatic N) is 4. The van der Waals surface area contributed by atoms with E-state index in [1.54, 1.807) is 22.9 Å². The fourth-order valence-corrected chi connectivity index (χ4v) is 4.17. The first kappa shape index (κ1) is 22.9. The average molecular weight is 503 g/mol. The molecule has 5 rings (SSSR count). The lowest BCUT2D eigenvalue weighted by Crippen LogP contribution is -2.20. The largest absolute Gasteiger partial charge is 0.441 e. The van der Waals surface area contributed by atoms with E-state index in [0.29, 0.717) is 27.2 Å². The van der Waals surface area contributed by atoms with Gasteiger partial charge in [0.2, 0.25) is 5.88 Å². The van der Waals surface area contributed by atoms with Crippen molar-refractivity contribution in [3.63, 3.8) is 0 Å². The molecule has 1 unspecified atom stereocenters. The Morgan fingerprint density at radius 2 is 1.57 bits per heavy atom. The van der Waals surface area contributed by atoms with Gasteiger partial charge in [0.15, 0.2) is 0 Å². The highest BCUT2D eigenvalue weighted by atomic mass is 35.5. The van der Waals surface area contributed by atoms with Crippen LogP contribution in [0.3, 0.4) is 0 Å². The van der Waals surface area contributed by atoms with E-state index in [-0.39, 0.29) is 6.04 Å². The molecule has 5 aromatic rings. The first-order valence-electron chi connectivity index (χ1n) is 10.9. The Labute approximate surface area is 212 Å². The van der Waals surface area contributed by atoms with Crippen molar-refractivity contribution in [3.05, 3.63) is 113 Å². The Hall–Kier alpha value is -3.87. The van der Waals surface area contributed by atoms with Crippen LogP contribution in [0.5, 0.6) is 5.88 Å². The topological polar surface area (TPSA) is 61.9 Å². The third-order valence-corrected chi connectivity index (χ3v) is 6.38. The normalized spacial score (nSPS) is 11.9. The summed E-state index contributed by atoms with van der Waals surface area (Å²) >= 11 is 12.5. The van der Waals surface area contributed by atoms with E-state index in [0.717, 1.165) is 21.4 Å². The van der Waals surface area contributed by atoms with Gasteiger partial charge in [-0.3, -0.25) is 0 Å². The van der Waals surface area contributed by atoms with Crippen LogP contribution < -0.4 is 4.74 Å². The minimum atomic E-state index is -0.644. The molecule has 3 aromatic carbocycles. The first-order chi connectivity index (χ1) is 17.0. The second-order valence-corrected chi connectivity index (χ2v) is 8.69. The highest BCUT2D eigenvalue weighted by Gasteiger charge is 2.28. The molecule has 8 heteroatoms. The molecule has 0 spiro atoms. The summed E-state index contributed by atoms with van der Waals surface area (Å²) in [5, 5.41) is 9.86. The number of hydrogen-bond acceptors (Lipinski definition) is 4. The van der Waals surface area contributed by atoms with Crippen molar-refractivity contribution < 1.29 is 9.53 Å². The Kier molecular flexibility index (Phi) is 6.40. The van der Waals surface area contributed by atoms with Crippen LogP contribution in [0.4, 0.5) is 4.79 Å². The molecule has 2 heterocycles. The molecule has 0 fully saturated rings. The van der Waals surface area contributed by atoms with Gasteiger partial charge in [-0.25, -0.2) is 9.48 Å². The SMILES string of the molecule is CC(c1ccc(Cl)c(Cl)c1)n1nc(-c2ccccc2)c(-c2ccccc2)c1OC(=O)n1cccn1. The van der Waals surface area contributed by atoms with Gasteiger partial charge < -0.3 is 4.74 Å². The van der Waals surface area contributed by atoms with E-state index in [9.17, 15) is 4.79 Å². The summed E-state index contributed by atoms with van der Waals surface area (Å²) < 4.78 is 8.81. The number of benzene rings is 3. The van der Waals surface area contributed by atoms with Crippen LogP contribution >= 0.6 is 23.2 Å². The summed E-state index contributed by atoms with van der Waals surface area (Å²) in [6.45, 7) is 1.96. The van der Waals surface area contributed by atoms with Crippen LogP contribution in [-0.2, 0) is 0 Å². The van der Waals surface area contributed by atoms with Gasteiger partial charge in [0, 0.05) is 18.0 Å². The predicted molar refractivity (Wildman–Crippen MR) is 137 cm³/mol. The third-order valence-electron chi connectivity index (χ3n) is 5.64. The number of hydrogen-bond donors (Lipinski definition) is 0. The molecule has 0 amide bonds. The van der Waals surface area contributed by atoms with Gasteiger partial charge in [-0.15, -0.1) is 0 Å². The van der Waals surface area contributed by atoms with Crippen molar-refractivity contribution in [3.8, 4) is 28.3 Å². The van der Waals surface area contributed by atoms with Gasteiger partial charge in [0.1, 0.15) is 5.69 Å². The van der Waals surface area contributed by atoms with Crippen LogP contribution in [0.25, 0.3) is 22.4 Å². The van der Waals surface area contributed by atoms with Crippen LogP contribution in [0, 0.1) is 0 Å². The number of halogens is 2. The van der Waals surface area contributed by atoms with Crippen LogP contribution in [0.1, 0.15) is 18.5 Å². The minimum Gasteiger partial charge on any atom is -0.389 e. The highest BCUT2D eigenvalue weighted by molar-refractivity contribution is 6.42. The predicted octanol–water partition coefficient (Wildman–Crippen LogP) is 7.38. The van der Waals surface area contributed by atoms with Crippen LogP contribution in [0.15, 0.2) is 97.3 Å². The summed E-state index contributed by atoms with van der Waals surface area (Å²) in [7, 11) is 0. The average Bonchev–Trinajstić information content (AvgIpc) is 3.55. The molecule has 35 heavy (non-hydrogen) atoms. The molecule has 0 aliphatic rings. The van der Waals surface area contributed by atoms with Crippen LogP contribution in [0.2, 0.25) is 10.0 Å². The van der Waals surface area contributed by atoms with Gasteiger partial charge in [0.25, 0.3) is 0 Å². The molecule has 0 aliphatic heterocycles. The summed E-state index contributed by atoms with van der Waals surface area (Å²) in [5.41, 5.74) is 4.00. The molecule has 0 radical (unpaired) electrons. The maximum Gasteiger partial charge on any atom is 0.441 e. The number of rotatable bonds is 5. The minimum absolute atomic E-state index is 0.300. The number of carbonyl (C=O) groups is 1. The summed E-state index contributed by atoms with van der Waals surface area (Å²) in [6, 6.07) is 26.2. The Bertz CT molecular complexity index is 1470. The zero-order valence-electron chi connectivity index (χ0n) is 18.7. The van der Waals surface area contributed by atoms with Gasteiger partial charge in [-0.05, 0) is 36.2 Å². The van der Waals surface area contributed by atoms with E-state index >= 15 is 0 Å². The lowest BCUT2D eigenvalue weighted by atomic mass is 10.0. The number of carbonyl (C=O) groups excluding carboxylic acids is 1. The van der Waals surface area contributed by atoms with Crippen molar-refractivity contribution in [2.75, 3.05) is 0 Å². The summed E-state index contributed by atoms with van der Waals surface area (Å²) in [5.74, 6) is 0.300. The zero-order valence-corrected chi connectivity index (χ0v) is 20.2. The number of aromatic nitrogens is 4. The fourth-order valence-electron chi connectivity index (χ4n) is 3.86. The third kappa shape index (κ3) is 4.58. The van der Waals surface area contributed by atoms with Crippen LogP contribution in [-0.4, -0.2) is 25.7 Å². The molecular formula is C27H20Cl2N4O2. The van der Waals surface area contributed by atoms with E-state index in [1.807, 2.05) is 73.7 Å². The molecule has 0 saturated carbocycles. The summed E-state index contributed by atoms with van der Waals surface area (Å²) in [4.78, 5) is 13.0. The van der Waals surface area contributed by atoms with E-state index < -0.39 is 6.09 Å². The van der Waals surface area contributed by atoms with Crippen molar-refractivity contribution in [2.45, 2.75) is 13.0 Å². The second-order valence-electron chi connectivity index (χ2n) is 7.87. The van der Waals surface area contributed by atoms with Gasteiger partial charge in [-0.1, -0.05) is 89.9 Å². The molecule has 2 aromatic heterocycles. The van der Waals surface area contributed by atoms with E-state index in [4.69, 9.17) is 33.0 Å². The molecule has 0 aliphatic carbocycles. The quantitative estimate of drug-likeness (QED) is 0.251. The molecule has 1 atom stereocenters. The maximum atomic E-state index is 13.0. The first-order valence-corrected chi connectivity index (χ1v) is 11.7. The molecule has 0 N–H and O–H groups in total. The Balaban J connectivity index is 1.74. The fraction of sp³-hybridized carbons (Fsp3) is 0.0741. The number of ether oxygens (including phenoxy) is 1. The van der Waals surface area contributed by atoms with Crippen molar-refractivity contribution >= 4 is 29.3 Å². The van der Waals surface area contributed by atoms with Crippen molar-refractivity contribution in [2.24, 2.45) is 0 Å².